The lowest BCUT2D eigenvalue weighted by Gasteiger charge is -2.08. The Kier molecular flexibility index (Phi) is 5.34. The summed E-state index contributed by atoms with van der Waals surface area (Å²) >= 11 is 0. The quantitative estimate of drug-likeness (QED) is 0.738. The minimum Gasteiger partial charge on any atom is -0.326 e. The van der Waals surface area contributed by atoms with Crippen molar-refractivity contribution in [2.45, 2.75) is 6.42 Å². The second-order valence-corrected chi connectivity index (χ2v) is 5.59. The largest absolute Gasteiger partial charge is 0.326 e. The normalized spacial score (nSPS) is 10.2. The first-order valence-corrected chi connectivity index (χ1v) is 7.96. The number of anilines is 2. The van der Waals surface area contributed by atoms with E-state index in [0.29, 0.717) is 22.5 Å². The molecule has 0 atom stereocenters. The van der Waals surface area contributed by atoms with E-state index in [9.17, 15) is 14.0 Å². The van der Waals surface area contributed by atoms with Crippen LogP contribution in [0.3, 0.4) is 0 Å². The van der Waals surface area contributed by atoms with E-state index < -0.39 is 5.82 Å². The number of amides is 2. The van der Waals surface area contributed by atoms with Crippen molar-refractivity contribution >= 4 is 23.2 Å². The highest BCUT2D eigenvalue weighted by molar-refractivity contribution is 6.04. The molecule has 1 heterocycles. The van der Waals surface area contributed by atoms with Crippen LogP contribution in [0.15, 0.2) is 73.1 Å². The van der Waals surface area contributed by atoms with Crippen molar-refractivity contribution in [2.24, 2.45) is 0 Å². The minimum absolute atomic E-state index is 0.0596. The third-order valence-corrected chi connectivity index (χ3v) is 3.66. The molecular formula is C20H16FN3O2. The number of hydrogen-bond donors (Lipinski definition) is 2. The van der Waals surface area contributed by atoms with Crippen molar-refractivity contribution in [2.75, 3.05) is 10.6 Å². The zero-order valence-corrected chi connectivity index (χ0v) is 13.8. The van der Waals surface area contributed by atoms with Crippen LogP contribution < -0.4 is 10.6 Å². The molecule has 0 radical (unpaired) electrons. The van der Waals surface area contributed by atoms with Crippen LogP contribution in [-0.4, -0.2) is 16.8 Å². The highest BCUT2D eigenvalue weighted by Crippen LogP contribution is 2.13. The van der Waals surface area contributed by atoms with Crippen molar-refractivity contribution in [3.63, 3.8) is 0 Å². The molecule has 1 aromatic heterocycles. The van der Waals surface area contributed by atoms with Crippen molar-refractivity contribution < 1.29 is 14.0 Å². The number of nitrogens with one attached hydrogen (secondary N) is 2. The average molecular weight is 349 g/mol. The Morgan fingerprint density at radius 1 is 0.885 bits per heavy atom. The molecule has 0 aliphatic heterocycles. The summed E-state index contributed by atoms with van der Waals surface area (Å²) in [6.45, 7) is 0. The van der Waals surface area contributed by atoms with Gasteiger partial charge in [0.05, 0.1) is 18.3 Å². The summed E-state index contributed by atoms with van der Waals surface area (Å²) in [6, 6.07) is 16.1. The second kappa shape index (κ2) is 8.02. The molecule has 0 spiro atoms. The van der Waals surface area contributed by atoms with Gasteiger partial charge in [-0.25, -0.2) is 4.39 Å². The van der Waals surface area contributed by atoms with Gasteiger partial charge in [-0.05, 0) is 48.0 Å². The molecule has 0 aliphatic carbocycles. The molecule has 2 N–H and O–H groups in total. The molecule has 0 saturated carbocycles. The molecule has 0 aliphatic rings. The summed E-state index contributed by atoms with van der Waals surface area (Å²) in [5, 5.41) is 5.41. The molecule has 0 fully saturated rings. The minimum atomic E-state index is -0.412. The Hall–Kier alpha value is -3.54. The zero-order chi connectivity index (χ0) is 18.4. The molecule has 0 unspecified atom stereocenters. The van der Waals surface area contributed by atoms with Crippen LogP contribution >= 0.6 is 0 Å². The van der Waals surface area contributed by atoms with Gasteiger partial charge in [-0.1, -0.05) is 18.2 Å². The van der Waals surface area contributed by atoms with Crippen molar-refractivity contribution in [3.05, 3.63) is 90.0 Å². The Bertz CT molecular complexity index is 912. The molecule has 0 saturated heterocycles. The first-order chi connectivity index (χ1) is 12.6. The van der Waals surface area contributed by atoms with E-state index in [1.54, 1.807) is 67.0 Å². The molecule has 130 valence electrons. The second-order valence-electron chi connectivity index (χ2n) is 5.59. The van der Waals surface area contributed by atoms with Gasteiger partial charge in [0, 0.05) is 17.4 Å². The van der Waals surface area contributed by atoms with Crippen LogP contribution in [-0.2, 0) is 11.2 Å². The Balaban J connectivity index is 1.60. The van der Waals surface area contributed by atoms with Gasteiger partial charge in [0.1, 0.15) is 5.82 Å². The van der Waals surface area contributed by atoms with Crippen LogP contribution in [0.5, 0.6) is 0 Å². The van der Waals surface area contributed by atoms with Crippen molar-refractivity contribution in [3.8, 4) is 0 Å². The number of hydrogen-bond acceptors (Lipinski definition) is 3. The molecule has 6 heteroatoms. The van der Waals surface area contributed by atoms with E-state index in [2.05, 4.69) is 15.6 Å². The molecule has 5 nitrogen and oxygen atoms in total. The molecule has 3 aromatic rings. The summed E-state index contributed by atoms with van der Waals surface area (Å²) in [6.07, 6.45) is 3.11. The first kappa shape index (κ1) is 17.3. The highest BCUT2D eigenvalue weighted by atomic mass is 19.1. The van der Waals surface area contributed by atoms with Crippen LogP contribution in [0.4, 0.5) is 15.8 Å². The lowest BCUT2D eigenvalue weighted by molar-refractivity contribution is -0.115. The number of nitrogens with zero attached hydrogens (tertiary/aromatic N) is 1. The SMILES string of the molecule is O=C(Cc1ccccc1F)Nc1ccc(C(=O)Nc2cccnc2)cc1. The fourth-order valence-corrected chi connectivity index (χ4v) is 2.36. The Labute approximate surface area is 149 Å². The van der Waals surface area contributed by atoms with Gasteiger partial charge in [-0.15, -0.1) is 0 Å². The lowest BCUT2D eigenvalue weighted by Crippen LogP contribution is -2.16. The smallest absolute Gasteiger partial charge is 0.255 e. The number of carbonyl (C=O) groups excluding carboxylic acids is 2. The summed E-state index contributed by atoms with van der Waals surface area (Å²) in [5.74, 6) is -1.02. The van der Waals surface area contributed by atoms with Crippen LogP contribution in [0.1, 0.15) is 15.9 Å². The van der Waals surface area contributed by atoms with E-state index in [4.69, 9.17) is 0 Å². The van der Waals surface area contributed by atoms with Gasteiger partial charge in [-0.3, -0.25) is 14.6 Å². The molecular weight excluding hydrogens is 333 g/mol. The van der Waals surface area contributed by atoms with E-state index in [1.807, 2.05) is 0 Å². The predicted octanol–water partition coefficient (Wildman–Crippen LogP) is 3.65. The topological polar surface area (TPSA) is 71.1 Å². The third-order valence-electron chi connectivity index (χ3n) is 3.66. The van der Waals surface area contributed by atoms with Crippen molar-refractivity contribution in [1.29, 1.82) is 0 Å². The van der Waals surface area contributed by atoms with Crippen molar-refractivity contribution in [1.82, 2.24) is 4.98 Å². The summed E-state index contributed by atoms with van der Waals surface area (Å²) < 4.78 is 13.6. The number of halogens is 1. The Morgan fingerprint density at radius 2 is 1.65 bits per heavy atom. The van der Waals surface area contributed by atoms with Crippen LogP contribution in [0.25, 0.3) is 0 Å². The zero-order valence-electron chi connectivity index (χ0n) is 13.8. The van der Waals surface area contributed by atoms with Gasteiger partial charge in [0.15, 0.2) is 0 Å². The summed E-state index contributed by atoms with van der Waals surface area (Å²) in [4.78, 5) is 28.1. The van der Waals surface area contributed by atoms with Crippen LogP contribution in [0, 0.1) is 5.82 Å². The van der Waals surface area contributed by atoms with Gasteiger partial charge in [0.2, 0.25) is 5.91 Å². The number of carbonyl (C=O) groups is 2. The summed E-state index contributed by atoms with van der Waals surface area (Å²) in [5.41, 5.74) is 1.91. The fraction of sp³-hybridized carbons (Fsp3) is 0.0500. The molecule has 0 bridgehead atoms. The van der Waals surface area contributed by atoms with Gasteiger partial charge in [0.25, 0.3) is 5.91 Å². The molecule has 2 aromatic carbocycles. The number of aromatic nitrogens is 1. The molecule has 26 heavy (non-hydrogen) atoms. The number of rotatable bonds is 5. The monoisotopic (exact) mass is 349 g/mol. The van der Waals surface area contributed by atoms with Gasteiger partial charge >= 0.3 is 0 Å². The molecule has 3 rings (SSSR count). The fourth-order valence-electron chi connectivity index (χ4n) is 2.36. The number of benzene rings is 2. The van der Waals surface area contributed by atoms with E-state index in [1.165, 1.54) is 6.07 Å². The first-order valence-electron chi connectivity index (χ1n) is 7.96. The maximum atomic E-state index is 13.6. The standard InChI is InChI=1S/C20H16FN3O2/c21-18-6-2-1-4-15(18)12-19(25)23-16-9-7-14(8-10-16)20(26)24-17-5-3-11-22-13-17/h1-11,13H,12H2,(H,23,25)(H,24,26). The maximum absolute atomic E-state index is 13.6. The van der Waals surface area contributed by atoms with Gasteiger partial charge < -0.3 is 10.6 Å². The lowest BCUT2D eigenvalue weighted by atomic mass is 10.1. The average Bonchev–Trinajstić information content (AvgIpc) is 2.65. The van der Waals surface area contributed by atoms with Crippen LogP contribution in [0.2, 0.25) is 0 Å². The van der Waals surface area contributed by atoms with Gasteiger partial charge in [-0.2, -0.15) is 0 Å². The highest BCUT2D eigenvalue weighted by Gasteiger charge is 2.09. The number of pyridine rings is 1. The third kappa shape index (κ3) is 4.51. The summed E-state index contributed by atoms with van der Waals surface area (Å²) in [7, 11) is 0. The Morgan fingerprint density at radius 3 is 2.35 bits per heavy atom. The van der Waals surface area contributed by atoms with E-state index in [-0.39, 0.29) is 18.2 Å². The predicted molar refractivity (Wildman–Crippen MR) is 97.4 cm³/mol. The van der Waals surface area contributed by atoms with E-state index >= 15 is 0 Å². The maximum Gasteiger partial charge on any atom is 0.255 e. The molecule has 2 amide bonds. The van der Waals surface area contributed by atoms with E-state index in [0.717, 1.165) is 0 Å².